The highest BCUT2D eigenvalue weighted by atomic mass is 19.4. The zero-order valence-corrected chi connectivity index (χ0v) is 15.5. The van der Waals surface area contributed by atoms with Gasteiger partial charge in [0, 0.05) is 12.8 Å². The predicted molar refractivity (Wildman–Crippen MR) is 99.5 cm³/mol. The topological polar surface area (TPSA) is 87.6 Å². The highest BCUT2D eigenvalue weighted by Crippen LogP contribution is 2.31. The van der Waals surface area contributed by atoms with Gasteiger partial charge in [-0.05, 0) is 43.5 Å². The molecule has 1 aromatic heterocycles. The van der Waals surface area contributed by atoms with E-state index in [-0.39, 0.29) is 35.0 Å². The number of halogens is 3. The average molecular weight is 405 g/mol. The van der Waals surface area contributed by atoms with Crippen LogP contribution in [0.2, 0.25) is 0 Å². The van der Waals surface area contributed by atoms with Gasteiger partial charge in [-0.2, -0.15) is 18.4 Å². The number of aliphatic imine (C=N–C) groups is 1. The monoisotopic (exact) mass is 405 g/mol. The molecule has 0 spiro atoms. The molecule has 0 aliphatic carbocycles. The summed E-state index contributed by atoms with van der Waals surface area (Å²) in [5, 5.41) is 20.0. The van der Waals surface area contributed by atoms with E-state index >= 15 is 0 Å². The van der Waals surface area contributed by atoms with E-state index in [0.29, 0.717) is 6.61 Å². The summed E-state index contributed by atoms with van der Waals surface area (Å²) in [6.45, 7) is 2.11. The molecule has 29 heavy (non-hydrogen) atoms. The van der Waals surface area contributed by atoms with Gasteiger partial charge in [0.05, 0.1) is 29.5 Å². The first kappa shape index (κ1) is 20.6. The number of alkyl halides is 3. The third-order valence-electron chi connectivity index (χ3n) is 4.77. The number of hydrogen-bond acceptors (Lipinski definition) is 5. The summed E-state index contributed by atoms with van der Waals surface area (Å²) in [7, 11) is 0. The van der Waals surface area contributed by atoms with E-state index in [1.165, 1.54) is 19.1 Å². The molecule has 2 aromatic rings. The quantitative estimate of drug-likeness (QED) is 0.786. The molecule has 152 valence electrons. The molecular formula is C20H18F3N3O3. The van der Waals surface area contributed by atoms with Gasteiger partial charge in [0.15, 0.2) is 0 Å². The Morgan fingerprint density at radius 3 is 2.83 bits per heavy atom. The van der Waals surface area contributed by atoms with Crippen molar-refractivity contribution in [2.24, 2.45) is 4.99 Å². The van der Waals surface area contributed by atoms with Crippen LogP contribution in [0.4, 0.5) is 18.9 Å². The van der Waals surface area contributed by atoms with Crippen LogP contribution in [0.3, 0.4) is 0 Å². The Morgan fingerprint density at radius 2 is 2.21 bits per heavy atom. The van der Waals surface area contributed by atoms with Crippen LogP contribution in [-0.4, -0.2) is 28.6 Å². The van der Waals surface area contributed by atoms with Gasteiger partial charge in [0.25, 0.3) is 5.56 Å². The highest BCUT2D eigenvalue weighted by Gasteiger charge is 2.30. The zero-order valence-electron chi connectivity index (χ0n) is 15.5. The number of aromatic hydroxyl groups is 1. The average Bonchev–Trinajstić information content (AvgIpc) is 3.18. The SMILES string of the molecule is Cc1c(C=Nc2cccc(C(F)(F)F)c2)c(O)n(CC2CCCO2)c(=O)c1C#N. The van der Waals surface area contributed by atoms with Crippen molar-refractivity contribution in [2.45, 2.75) is 38.6 Å². The Bertz CT molecular complexity index is 1050. The summed E-state index contributed by atoms with van der Waals surface area (Å²) < 4.78 is 45.2. The van der Waals surface area contributed by atoms with Crippen LogP contribution in [-0.2, 0) is 17.5 Å². The normalized spacial score (nSPS) is 17.0. The zero-order chi connectivity index (χ0) is 21.2. The summed E-state index contributed by atoms with van der Waals surface area (Å²) in [6.07, 6.45) is -2.06. The largest absolute Gasteiger partial charge is 0.494 e. The van der Waals surface area contributed by atoms with Crippen molar-refractivity contribution in [3.05, 3.63) is 56.9 Å². The lowest BCUT2D eigenvalue weighted by molar-refractivity contribution is -0.137. The maximum absolute atomic E-state index is 12.9. The first-order chi connectivity index (χ1) is 13.7. The van der Waals surface area contributed by atoms with E-state index < -0.39 is 23.2 Å². The number of hydrogen-bond donors (Lipinski definition) is 1. The third kappa shape index (κ3) is 4.32. The van der Waals surface area contributed by atoms with E-state index in [9.17, 15) is 28.3 Å². The van der Waals surface area contributed by atoms with Gasteiger partial charge in [0.2, 0.25) is 5.88 Å². The Hall–Kier alpha value is -3.12. The second kappa shape index (κ2) is 8.09. The van der Waals surface area contributed by atoms with Gasteiger partial charge in [-0.1, -0.05) is 6.07 Å². The molecule has 1 atom stereocenters. The van der Waals surface area contributed by atoms with Crippen molar-refractivity contribution in [3.63, 3.8) is 0 Å². The lowest BCUT2D eigenvalue weighted by atomic mass is 10.1. The molecule has 1 aliphatic heterocycles. The van der Waals surface area contributed by atoms with Gasteiger partial charge in [-0.15, -0.1) is 0 Å². The Labute approximate surface area is 164 Å². The molecule has 2 heterocycles. The smallest absolute Gasteiger partial charge is 0.416 e. The van der Waals surface area contributed by atoms with Gasteiger partial charge in [0.1, 0.15) is 11.6 Å². The van der Waals surface area contributed by atoms with Crippen molar-refractivity contribution in [3.8, 4) is 11.9 Å². The Balaban J connectivity index is 2.04. The molecule has 9 heteroatoms. The summed E-state index contributed by atoms with van der Waals surface area (Å²) in [5.41, 5.74) is -1.34. The number of aromatic nitrogens is 1. The van der Waals surface area contributed by atoms with Crippen molar-refractivity contribution in [2.75, 3.05) is 6.61 Å². The Morgan fingerprint density at radius 1 is 1.45 bits per heavy atom. The fraction of sp³-hybridized carbons (Fsp3) is 0.350. The standard InChI is InChI=1S/C20H18F3N3O3/c1-12-16(9-24)18(27)26(11-15-6-3-7-29-15)19(28)17(12)10-25-14-5-2-4-13(8-14)20(21,22)23/h2,4-5,8,10,15,28H,3,6-7,11H2,1H3. The maximum atomic E-state index is 12.9. The maximum Gasteiger partial charge on any atom is 0.416 e. The molecule has 0 amide bonds. The molecule has 1 aromatic carbocycles. The van der Waals surface area contributed by atoms with Crippen molar-refractivity contribution in [1.82, 2.24) is 4.57 Å². The lowest BCUT2D eigenvalue weighted by Gasteiger charge is -2.17. The van der Waals surface area contributed by atoms with Gasteiger partial charge in [-0.25, -0.2) is 0 Å². The highest BCUT2D eigenvalue weighted by molar-refractivity contribution is 5.87. The number of nitrogens with zero attached hydrogens (tertiary/aromatic N) is 3. The van der Waals surface area contributed by atoms with Crippen molar-refractivity contribution >= 4 is 11.9 Å². The fourth-order valence-corrected chi connectivity index (χ4v) is 3.19. The van der Waals surface area contributed by atoms with E-state index in [0.717, 1.165) is 35.8 Å². The van der Waals surface area contributed by atoms with Crippen LogP contribution >= 0.6 is 0 Å². The number of rotatable bonds is 4. The van der Waals surface area contributed by atoms with Crippen LogP contribution in [0.15, 0.2) is 34.1 Å². The number of ether oxygens (including phenoxy) is 1. The minimum Gasteiger partial charge on any atom is -0.494 e. The number of benzene rings is 1. The van der Waals surface area contributed by atoms with Crippen LogP contribution < -0.4 is 5.56 Å². The second-order valence-corrected chi connectivity index (χ2v) is 6.71. The summed E-state index contributed by atoms with van der Waals surface area (Å²) >= 11 is 0. The Kier molecular flexibility index (Phi) is 5.75. The summed E-state index contributed by atoms with van der Waals surface area (Å²) in [6, 6.07) is 6.23. The van der Waals surface area contributed by atoms with E-state index in [1.54, 1.807) is 0 Å². The van der Waals surface area contributed by atoms with Gasteiger partial charge < -0.3 is 9.84 Å². The molecule has 1 fully saturated rings. The first-order valence-corrected chi connectivity index (χ1v) is 8.91. The van der Waals surface area contributed by atoms with Crippen LogP contribution in [0, 0.1) is 18.3 Å². The van der Waals surface area contributed by atoms with Crippen molar-refractivity contribution < 1.29 is 23.0 Å². The van der Waals surface area contributed by atoms with Crippen molar-refractivity contribution in [1.29, 1.82) is 5.26 Å². The molecule has 1 N–H and O–H groups in total. The molecule has 0 saturated carbocycles. The molecule has 0 radical (unpaired) electrons. The predicted octanol–water partition coefficient (Wildman–Crippen LogP) is 3.68. The molecule has 6 nitrogen and oxygen atoms in total. The van der Waals surface area contributed by atoms with Crippen LogP contribution in [0.25, 0.3) is 0 Å². The molecule has 3 rings (SSSR count). The second-order valence-electron chi connectivity index (χ2n) is 6.71. The molecule has 1 saturated heterocycles. The van der Waals surface area contributed by atoms with Crippen LogP contribution in [0.5, 0.6) is 5.88 Å². The minimum absolute atomic E-state index is 0.0222. The minimum atomic E-state index is -4.51. The van der Waals surface area contributed by atoms with E-state index in [4.69, 9.17) is 4.74 Å². The summed E-state index contributed by atoms with van der Waals surface area (Å²) in [4.78, 5) is 16.6. The third-order valence-corrected chi connectivity index (χ3v) is 4.77. The van der Waals surface area contributed by atoms with Gasteiger partial charge in [-0.3, -0.25) is 14.4 Å². The molecular weight excluding hydrogens is 387 g/mol. The first-order valence-electron chi connectivity index (χ1n) is 8.91. The van der Waals surface area contributed by atoms with Crippen LogP contribution in [0.1, 0.15) is 35.1 Å². The van der Waals surface area contributed by atoms with E-state index in [2.05, 4.69) is 4.99 Å². The van der Waals surface area contributed by atoms with E-state index in [1.807, 2.05) is 6.07 Å². The van der Waals surface area contributed by atoms with Gasteiger partial charge >= 0.3 is 6.18 Å². The summed E-state index contributed by atoms with van der Waals surface area (Å²) in [5.74, 6) is -0.405. The number of nitriles is 1. The number of pyridine rings is 1. The fourth-order valence-electron chi connectivity index (χ4n) is 3.19. The molecule has 0 bridgehead atoms. The molecule has 1 aliphatic rings. The molecule has 1 unspecified atom stereocenters. The lowest BCUT2D eigenvalue weighted by Crippen LogP contribution is -2.29.